The van der Waals surface area contributed by atoms with Gasteiger partial charge in [0.25, 0.3) is 0 Å². The van der Waals surface area contributed by atoms with Gasteiger partial charge in [-0.15, -0.1) is 0 Å². The van der Waals surface area contributed by atoms with E-state index in [0.717, 1.165) is 0 Å². The number of rotatable bonds is 1. The highest BCUT2D eigenvalue weighted by Crippen LogP contribution is 2.54. The van der Waals surface area contributed by atoms with Crippen LogP contribution in [0.25, 0.3) is 0 Å². The molecule has 3 heteroatoms. The third-order valence-corrected chi connectivity index (χ3v) is 3.83. The average molecular weight is 217 g/mol. The van der Waals surface area contributed by atoms with Crippen molar-refractivity contribution < 1.29 is 9.59 Å². The average Bonchev–Trinajstić information content (AvgIpc) is 2.79. The summed E-state index contributed by atoms with van der Waals surface area (Å²) >= 11 is 0. The van der Waals surface area contributed by atoms with E-state index in [-0.39, 0.29) is 35.5 Å². The van der Waals surface area contributed by atoms with Crippen molar-refractivity contribution in [2.75, 3.05) is 0 Å². The number of carbonyl (C=O) groups excluding carboxylic acids is 2. The minimum Gasteiger partial charge on any atom is -0.296 e. The smallest absolute Gasteiger partial charge is 0.231 e. The first-order valence-electron chi connectivity index (χ1n) is 5.84. The molecule has 2 amide bonds. The maximum atomic E-state index is 11.7. The van der Waals surface area contributed by atoms with E-state index in [2.05, 4.69) is 37.4 Å². The highest BCUT2D eigenvalue weighted by molar-refractivity contribution is 6.07. The molecule has 3 unspecified atom stereocenters. The summed E-state index contributed by atoms with van der Waals surface area (Å²) in [5.74, 6) is 0.382. The molecule has 2 bridgehead atoms. The van der Waals surface area contributed by atoms with Gasteiger partial charge < -0.3 is 0 Å². The van der Waals surface area contributed by atoms with Crippen molar-refractivity contribution in [3.8, 4) is 0 Å². The molecular formula is C13H15NO2. The van der Waals surface area contributed by atoms with Crippen LogP contribution in [-0.4, -0.2) is 11.8 Å². The molecule has 2 fully saturated rings. The van der Waals surface area contributed by atoms with Gasteiger partial charge in [-0.3, -0.25) is 14.9 Å². The number of amides is 2. The summed E-state index contributed by atoms with van der Waals surface area (Å²) in [4.78, 5) is 23.4. The first-order chi connectivity index (χ1) is 7.59. The van der Waals surface area contributed by atoms with Crippen LogP contribution in [0.5, 0.6) is 0 Å². The van der Waals surface area contributed by atoms with Crippen LogP contribution in [0, 0.1) is 29.6 Å². The molecule has 3 nitrogen and oxygen atoms in total. The van der Waals surface area contributed by atoms with E-state index < -0.39 is 0 Å². The normalized spacial score (nSPS) is 42.3. The van der Waals surface area contributed by atoms with Crippen LogP contribution in [0.2, 0.25) is 0 Å². The summed E-state index contributed by atoms with van der Waals surface area (Å²) in [5, 5.41) is 2.45. The fraction of sp³-hybridized carbons (Fsp3) is 0.538. The Hall–Kier alpha value is -1.38. The standard InChI is InChI=1S/C13H15NO2/c1-6(2)5-9-7-3-4-8(9)11-10(7)12(15)14-13(11)16/h3-8,10-11H,1-2H3,(H,14,15,16)/b9-5-/t7?,8?,10?,11-/m1/s1. The zero-order chi connectivity index (χ0) is 11.4. The van der Waals surface area contributed by atoms with Crippen LogP contribution in [0.1, 0.15) is 13.8 Å². The van der Waals surface area contributed by atoms with Crippen LogP contribution in [0.15, 0.2) is 23.8 Å². The van der Waals surface area contributed by atoms with Gasteiger partial charge in [0.1, 0.15) is 0 Å². The molecule has 1 saturated carbocycles. The molecule has 0 aromatic rings. The number of carbonyl (C=O) groups is 2. The summed E-state index contributed by atoms with van der Waals surface area (Å²) < 4.78 is 0. The molecule has 3 rings (SSSR count). The largest absolute Gasteiger partial charge is 0.296 e. The monoisotopic (exact) mass is 217 g/mol. The van der Waals surface area contributed by atoms with Crippen LogP contribution in [-0.2, 0) is 9.59 Å². The lowest BCUT2D eigenvalue weighted by Gasteiger charge is -2.13. The minimum atomic E-state index is -0.132. The molecule has 2 aliphatic carbocycles. The number of allylic oxidation sites excluding steroid dienone is 4. The number of imide groups is 1. The lowest BCUT2D eigenvalue weighted by atomic mass is 9.85. The second kappa shape index (κ2) is 3.06. The van der Waals surface area contributed by atoms with Gasteiger partial charge in [0.15, 0.2) is 0 Å². The van der Waals surface area contributed by atoms with E-state index in [1.807, 2.05) is 0 Å². The Morgan fingerprint density at radius 2 is 1.62 bits per heavy atom. The number of hydrogen-bond acceptors (Lipinski definition) is 2. The SMILES string of the molecule is CC(C)/C=C1/C2C=CC1[C@H]1C(=O)NC(=O)C21. The van der Waals surface area contributed by atoms with E-state index in [0.29, 0.717) is 5.92 Å². The molecule has 1 aliphatic heterocycles. The van der Waals surface area contributed by atoms with Crippen molar-refractivity contribution in [1.82, 2.24) is 5.32 Å². The Morgan fingerprint density at radius 3 is 2.06 bits per heavy atom. The van der Waals surface area contributed by atoms with Crippen molar-refractivity contribution in [2.24, 2.45) is 29.6 Å². The quantitative estimate of drug-likeness (QED) is 0.531. The van der Waals surface area contributed by atoms with Gasteiger partial charge in [0, 0.05) is 11.8 Å². The molecule has 0 aromatic heterocycles. The van der Waals surface area contributed by atoms with E-state index in [4.69, 9.17) is 0 Å². The van der Waals surface area contributed by atoms with Crippen molar-refractivity contribution in [3.05, 3.63) is 23.8 Å². The number of nitrogens with one attached hydrogen (secondary N) is 1. The fourth-order valence-electron chi connectivity index (χ4n) is 3.33. The van der Waals surface area contributed by atoms with Crippen molar-refractivity contribution in [1.29, 1.82) is 0 Å². The van der Waals surface area contributed by atoms with Gasteiger partial charge >= 0.3 is 0 Å². The molecule has 4 atom stereocenters. The molecule has 1 N–H and O–H groups in total. The molecular weight excluding hydrogens is 202 g/mol. The zero-order valence-corrected chi connectivity index (χ0v) is 9.44. The maximum absolute atomic E-state index is 11.7. The van der Waals surface area contributed by atoms with Crippen molar-refractivity contribution >= 4 is 11.8 Å². The summed E-state index contributed by atoms with van der Waals surface area (Å²) in [7, 11) is 0. The van der Waals surface area contributed by atoms with Gasteiger partial charge in [-0.25, -0.2) is 0 Å². The Kier molecular flexibility index (Phi) is 1.88. The molecule has 3 aliphatic rings. The van der Waals surface area contributed by atoms with Gasteiger partial charge in [0.05, 0.1) is 11.8 Å². The maximum Gasteiger partial charge on any atom is 0.231 e. The van der Waals surface area contributed by atoms with Crippen LogP contribution >= 0.6 is 0 Å². The second-order valence-electron chi connectivity index (χ2n) is 5.25. The molecule has 84 valence electrons. The number of fused-ring (bicyclic) bond motifs is 5. The Bertz CT molecular complexity index is 401. The predicted molar refractivity (Wildman–Crippen MR) is 59.2 cm³/mol. The third-order valence-electron chi connectivity index (χ3n) is 3.83. The Balaban J connectivity index is 2.03. The number of hydrogen-bond donors (Lipinski definition) is 1. The summed E-state index contributed by atoms with van der Waals surface area (Å²) in [5.41, 5.74) is 1.29. The van der Waals surface area contributed by atoms with E-state index in [9.17, 15) is 9.59 Å². The third kappa shape index (κ3) is 1.09. The molecule has 1 heterocycles. The van der Waals surface area contributed by atoms with Crippen LogP contribution in [0.4, 0.5) is 0 Å². The summed E-state index contributed by atoms with van der Waals surface area (Å²) in [6, 6.07) is 0. The van der Waals surface area contributed by atoms with Crippen LogP contribution < -0.4 is 5.32 Å². The van der Waals surface area contributed by atoms with Gasteiger partial charge in [-0.2, -0.15) is 0 Å². The van der Waals surface area contributed by atoms with Gasteiger partial charge in [0.2, 0.25) is 11.8 Å². The lowest BCUT2D eigenvalue weighted by molar-refractivity contribution is -0.126. The fourth-order valence-corrected chi connectivity index (χ4v) is 3.33. The zero-order valence-electron chi connectivity index (χ0n) is 9.44. The van der Waals surface area contributed by atoms with Gasteiger partial charge in [-0.1, -0.05) is 37.6 Å². The molecule has 0 radical (unpaired) electrons. The lowest BCUT2D eigenvalue weighted by Crippen LogP contribution is -2.25. The highest BCUT2D eigenvalue weighted by Gasteiger charge is 2.58. The molecule has 0 aromatic carbocycles. The first kappa shape index (κ1) is 9.82. The van der Waals surface area contributed by atoms with Crippen LogP contribution in [0.3, 0.4) is 0 Å². The van der Waals surface area contributed by atoms with Crippen molar-refractivity contribution in [2.45, 2.75) is 13.8 Å². The van der Waals surface area contributed by atoms with E-state index in [1.54, 1.807) is 0 Å². The van der Waals surface area contributed by atoms with E-state index >= 15 is 0 Å². The molecule has 16 heavy (non-hydrogen) atoms. The minimum absolute atomic E-state index is 0.0819. The molecule has 0 spiro atoms. The Morgan fingerprint density at radius 1 is 1.12 bits per heavy atom. The predicted octanol–water partition coefficient (Wildman–Crippen LogP) is 1.27. The summed E-state index contributed by atoms with van der Waals surface area (Å²) in [6.07, 6.45) is 6.41. The van der Waals surface area contributed by atoms with Gasteiger partial charge in [-0.05, 0) is 5.92 Å². The first-order valence-corrected chi connectivity index (χ1v) is 5.84. The molecule has 1 saturated heterocycles. The van der Waals surface area contributed by atoms with Crippen molar-refractivity contribution in [3.63, 3.8) is 0 Å². The van der Waals surface area contributed by atoms with E-state index in [1.165, 1.54) is 5.57 Å². The highest BCUT2D eigenvalue weighted by atomic mass is 16.2. The Labute approximate surface area is 94.6 Å². The second-order valence-corrected chi connectivity index (χ2v) is 5.25. The summed E-state index contributed by atoms with van der Waals surface area (Å²) in [6.45, 7) is 4.25. The topological polar surface area (TPSA) is 46.2 Å².